The molecule has 0 aliphatic carbocycles. The van der Waals surface area contributed by atoms with Crippen LogP contribution in [0.2, 0.25) is 0 Å². The number of nitrogens with one attached hydrogen (secondary N) is 1. The Bertz CT molecular complexity index is 1290. The molecule has 8 nitrogen and oxygen atoms in total. The number of aromatic nitrogens is 1. The molecule has 9 heteroatoms. The lowest BCUT2D eigenvalue weighted by Crippen LogP contribution is -2.51. The number of alkyl halides is 1. The van der Waals surface area contributed by atoms with Gasteiger partial charge in [-0.3, -0.25) is 23.7 Å². The molecular formula is C29H35FN4O4. The number of Topliss-reactive ketones (excluding diaryl/α,β-unsaturated/α-hetero) is 1. The quantitative estimate of drug-likeness (QED) is 0.466. The highest BCUT2D eigenvalue weighted by Crippen LogP contribution is 2.30. The summed E-state index contributed by atoms with van der Waals surface area (Å²) in [5, 5.41) is 4.49. The van der Waals surface area contributed by atoms with Gasteiger partial charge in [-0.2, -0.15) is 0 Å². The molecule has 1 aliphatic rings. The van der Waals surface area contributed by atoms with Crippen molar-refractivity contribution in [2.24, 2.45) is 11.8 Å². The van der Waals surface area contributed by atoms with E-state index in [1.165, 1.54) is 0 Å². The first-order valence-electron chi connectivity index (χ1n) is 13.1. The first-order chi connectivity index (χ1) is 18.2. The summed E-state index contributed by atoms with van der Waals surface area (Å²) in [7, 11) is 1.96. The third-order valence-corrected chi connectivity index (χ3v) is 7.44. The van der Waals surface area contributed by atoms with Crippen molar-refractivity contribution in [2.45, 2.75) is 32.7 Å². The predicted octanol–water partition coefficient (Wildman–Crippen LogP) is 3.28. The Balaban J connectivity index is 1.53. The topological polar surface area (TPSA) is 91.7 Å². The van der Waals surface area contributed by atoms with Gasteiger partial charge in [0.25, 0.3) is 0 Å². The number of amides is 2. The predicted molar refractivity (Wildman–Crippen MR) is 145 cm³/mol. The van der Waals surface area contributed by atoms with Gasteiger partial charge in [0, 0.05) is 49.3 Å². The van der Waals surface area contributed by atoms with Crippen molar-refractivity contribution in [3.63, 3.8) is 0 Å². The summed E-state index contributed by atoms with van der Waals surface area (Å²) in [5.41, 5.74) is 1.51. The highest BCUT2D eigenvalue weighted by atomic mass is 19.1. The Morgan fingerprint density at radius 3 is 1.92 bits per heavy atom. The van der Waals surface area contributed by atoms with Crippen LogP contribution in [0, 0.1) is 11.8 Å². The lowest BCUT2D eigenvalue weighted by atomic mass is 9.90. The molecule has 1 N–H and O–H groups in total. The number of hydrogen-bond acceptors (Lipinski definition) is 5. The second kappa shape index (κ2) is 11.9. The molecule has 0 bridgehead atoms. The number of fused-ring (bicyclic) bond motifs is 3. The SMILES string of the molecule is CC(C)[C@@H](CC(=O)n1c2ccccc2c2ccccc21)C(=O)NC(CC(=O)N1CCN(C)CC1)C(=O)CF. The van der Waals surface area contributed by atoms with Crippen LogP contribution in [0.1, 0.15) is 31.5 Å². The van der Waals surface area contributed by atoms with Crippen LogP contribution in [-0.2, 0) is 14.4 Å². The van der Waals surface area contributed by atoms with Crippen molar-refractivity contribution in [1.29, 1.82) is 0 Å². The first-order valence-corrected chi connectivity index (χ1v) is 13.1. The number of piperazine rings is 1. The zero-order chi connectivity index (χ0) is 27.4. The van der Waals surface area contributed by atoms with Crippen LogP contribution in [0.3, 0.4) is 0 Å². The van der Waals surface area contributed by atoms with Crippen molar-refractivity contribution in [3.05, 3.63) is 48.5 Å². The molecule has 1 aromatic heterocycles. The van der Waals surface area contributed by atoms with Crippen LogP contribution in [0.15, 0.2) is 48.5 Å². The average Bonchev–Trinajstić information content (AvgIpc) is 3.25. The van der Waals surface area contributed by atoms with Crippen LogP contribution in [0.4, 0.5) is 4.39 Å². The maximum Gasteiger partial charge on any atom is 0.232 e. The number of halogens is 1. The van der Waals surface area contributed by atoms with Gasteiger partial charge in [0.15, 0.2) is 5.78 Å². The number of hydrogen-bond donors (Lipinski definition) is 1. The largest absolute Gasteiger partial charge is 0.345 e. The number of benzene rings is 2. The molecule has 2 heterocycles. The minimum absolute atomic E-state index is 0.102. The van der Waals surface area contributed by atoms with Crippen molar-refractivity contribution in [1.82, 2.24) is 19.7 Å². The first kappa shape index (κ1) is 27.4. The van der Waals surface area contributed by atoms with Crippen molar-refractivity contribution in [2.75, 3.05) is 39.9 Å². The lowest BCUT2D eigenvalue weighted by Gasteiger charge is -2.33. The summed E-state index contributed by atoms with van der Waals surface area (Å²) in [4.78, 5) is 55.9. The van der Waals surface area contributed by atoms with E-state index in [0.29, 0.717) is 26.2 Å². The van der Waals surface area contributed by atoms with E-state index >= 15 is 0 Å². The number of nitrogens with zero attached hydrogens (tertiary/aromatic N) is 3. The summed E-state index contributed by atoms with van der Waals surface area (Å²) >= 11 is 0. The molecule has 1 unspecified atom stereocenters. The van der Waals surface area contributed by atoms with E-state index in [4.69, 9.17) is 0 Å². The van der Waals surface area contributed by atoms with Gasteiger partial charge in [-0.25, -0.2) is 4.39 Å². The third-order valence-electron chi connectivity index (χ3n) is 7.44. The molecule has 4 rings (SSSR count). The van der Waals surface area contributed by atoms with Gasteiger partial charge >= 0.3 is 0 Å². The van der Waals surface area contributed by atoms with Crippen molar-refractivity contribution < 1.29 is 23.6 Å². The molecule has 2 atom stereocenters. The molecule has 3 aromatic rings. The zero-order valence-corrected chi connectivity index (χ0v) is 22.2. The van der Waals surface area contributed by atoms with E-state index in [0.717, 1.165) is 21.8 Å². The molecule has 1 aliphatic heterocycles. The standard InChI is InChI=1S/C29H35FN4O4/c1-19(2)22(16-28(37)34-24-10-6-4-8-20(24)21-9-5-7-11-25(21)34)29(38)31-23(26(35)18-30)17-27(36)33-14-12-32(3)13-15-33/h4-11,19,22-23H,12-18H2,1-3H3,(H,31,38)/t22-,23?/m1/s1. The number of carbonyl (C=O) groups is 4. The number of carbonyl (C=O) groups excluding carboxylic acids is 4. The molecule has 1 fully saturated rings. The van der Waals surface area contributed by atoms with Crippen molar-refractivity contribution >= 4 is 45.3 Å². The monoisotopic (exact) mass is 522 g/mol. The molecule has 0 saturated carbocycles. The molecule has 0 radical (unpaired) electrons. The van der Waals surface area contributed by atoms with Crippen molar-refractivity contribution in [3.8, 4) is 0 Å². The summed E-state index contributed by atoms with van der Waals surface area (Å²) < 4.78 is 15.0. The third kappa shape index (κ3) is 5.78. The minimum Gasteiger partial charge on any atom is -0.345 e. The second-order valence-electron chi connectivity index (χ2n) is 10.4. The van der Waals surface area contributed by atoms with Gasteiger partial charge in [-0.05, 0) is 25.1 Å². The molecule has 0 spiro atoms. The Hall–Kier alpha value is -3.59. The van der Waals surface area contributed by atoms with Crippen LogP contribution in [0.5, 0.6) is 0 Å². The average molecular weight is 523 g/mol. The molecule has 202 valence electrons. The Morgan fingerprint density at radius 1 is 0.842 bits per heavy atom. The van der Waals surface area contributed by atoms with E-state index in [-0.39, 0.29) is 30.6 Å². The van der Waals surface area contributed by atoms with E-state index < -0.39 is 30.3 Å². The summed E-state index contributed by atoms with van der Waals surface area (Å²) in [5.74, 6) is -2.94. The second-order valence-corrected chi connectivity index (χ2v) is 10.4. The van der Waals surface area contributed by atoms with Gasteiger partial charge in [0.2, 0.25) is 17.7 Å². The highest BCUT2D eigenvalue weighted by molar-refractivity contribution is 6.13. The maximum atomic E-state index is 13.6. The van der Waals surface area contributed by atoms with Gasteiger partial charge in [-0.1, -0.05) is 50.2 Å². The smallest absolute Gasteiger partial charge is 0.232 e. The van der Waals surface area contributed by atoms with Crippen LogP contribution < -0.4 is 5.32 Å². The van der Waals surface area contributed by atoms with Crippen LogP contribution in [-0.4, -0.2) is 83.8 Å². The van der Waals surface area contributed by atoms with E-state index in [9.17, 15) is 23.6 Å². The summed E-state index contributed by atoms with van der Waals surface area (Å²) in [6, 6.07) is 13.9. The summed E-state index contributed by atoms with van der Waals surface area (Å²) in [6.07, 6.45) is -0.404. The molecular weight excluding hydrogens is 487 g/mol. The van der Waals surface area contributed by atoms with Gasteiger partial charge in [0.1, 0.15) is 6.67 Å². The van der Waals surface area contributed by atoms with Gasteiger partial charge in [0.05, 0.1) is 23.5 Å². The molecule has 2 amide bonds. The van der Waals surface area contributed by atoms with Crippen LogP contribution >= 0.6 is 0 Å². The Morgan fingerprint density at radius 2 is 1.39 bits per heavy atom. The fourth-order valence-electron chi connectivity index (χ4n) is 5.08. The molecule has 2 aromatic carbocycles. The molecule has 38 heavy (non-hydrogen) atoms. The van der Waals surface area contributed by atoms with E-state index in [2.05, 4.69) is 10.2 Å². The van der Waals surface area contributed by atoms with Gasteiger partial charge in [-0.15, -0.1) is 0 Å². The van der Waals surface area contributed by atoms with E-state index in [1.807, 2.05) is 69.4 Å². The summed E-state index contributed by atoms with van der Waals surface area (Å²) in [6.45, 7) is 4.81. The molecule has 1 saturated heterocycles. The number of likely N-dealkylation sites (N-methyl/N-ethyl adjacent to an activating group) is 1. The van der Waals surface area contributed by atoms with Crippen LogP contribution in [0.25, 0.3) is 21.8 Å². The number of rotatable bonds is 9. The fraction of sp³-hybridized carbons (Fsp3) is 0.448. The van der Waals surface area contributed by atoms with Gasteiger partial charge < -0.3 is 15.1 Å². The Kier molecular flexibility index (Phi) is 8.56. The number of ketones is 1. The minimum atomic E-state index is -1.28. The maximum absolute atomic E-state index is 13.6. The normalized spacial score (nSPS) is 16.1. The zero-order valence-electron chi connectivity index (χ0n) is 22.2. The number of para-hydroxylation sites is 2. The lowest BCUT2D eigenvalue weighted by molar-refractivity contribution is -0.137. The van der Waals surface area contributed by atoms with E-state index in [1.54, 1.807) is 9.47 Å². The fourth-order valence-corrected chi connectivity index (χ4v) is 5.08. The Labute approximate surface area is 221 Å². The highest BCUT2D eigenvalue weighted by Gasteiger charge is 2.32.